The fraction of sp³-hybridized carbons (Fsp3) is 0.500. The van der Waals surface area contributed by atoms with E-state index in [1.807, 2.05) is 49.4 Å². The molecule has 6 nitrogen and oxygen atoms in total. The fourth-order valence-electron chi connectivity index (χ4n) is 7.81. The molecule has 0 bridgehead atoms. The summed E-state index contributed by atoms with van der Waals surface area (Å²) in [6.45, 7) is 6.37. The van der Waals surface area contributed by atoms with E-state index in [1.165, 1.54) is 82.6 Å². The smallest absolute Gasteiger partial charge is 0.458 e. The molecule has 3 aliphatic rings. The van der Waals surface area contributed by atoms with Gasteiger partial charge in [-0.25, -0.2) is 9.59 Å². The molecule has 7 heteroatoms. The Balaban J connectivity index is 0.000000814. The Bertz CT molecular complexity index is 1520. The minimum absolute atomic E-state index is 0. The van der Waals surface area contributed by atoms with Gasteiger partial charge in [0.2, 0.25) is 0 Å². The van der Waals surface area contributed by atoms with Crippen molar-refractivity contribution in [3.8, 4) is 5.75 Å². The van der Waals surface area contributed by atoms with E-state index in [0.29, 0.717) is 22.8 Å². The Hall–Kier alpha value is -3.41. The first kappa shape index (κ1) is 42.3. The van der Waals surface area contributed by atoms with Crippen LogP contribution >= 0.6 is 0 Å². The number of carbonyl (C=O) groups excluding carboxylic acids is 3. The van der Waals surface area contributed by atoms with Crippen LogP contribution < -0.4 is 4.74 Å². The molecule has 0 radical (unpaired) electrons. The van der Waals surface area contributed by atoms with Gasteiger partial charge >= 0.3 is 29.0 Å². The molecule has 0 saturated heterocycles. The summed E-state index contributed by atoms with van der Waals surface area (Å²) in [6, 6.07) is 23.4. The number of esters is 3. The maximum absolute atomic E-state index is 13.2. The monoisotopic (exact) mass is 762 g/mol. The van der Waals surface area contributed by atoms with E-state index >= 15 is 0 Å². The summed E-state index contributed by atoms with van der Waals surface area (Å²) < 4.78 is 17.0. The van der Waals surface area contributed by atoms with Crippen molar-refractivity contribution in [2.45, 2.75) is 129 Å². The average Bonchev–Trinajstić information content (AvgIpc) is 3.85. The van der Waals surface area contributed by atoms with Crippen molar-refractivity contribution in [3.05, 3.63) is 113 Å². The molecule has 3 aromatic carbocycles. The summed E-state index contributed by atoms with van der Waals surface area (Å²) in [5, 5.41) is 0. The van der Waals surface area contributed by atoms with Crippen LogP contribution in [-0.4, -0.2) is 24.5 Å². The SMILES string of the molecule is CCCCCC1CCC(c2ccc(C(=O)OC(COC(=O)c3ccc(OC(=O)C4CCC[C-]4C)cc3)c3ccccc3)cc2)CC1.C[C-]1CCCC1.[Fe+2]. The van der Waals surface area contributed by atoms with Crippen molar-refractivity contribution in [3.63, 3.8) is 0 Å². The Morgan fingerprint density at radius 1 is 0.736 bits per heavy atom. The first-order chi connectivity index (χ1) is 25.3. The third-order valence-electron chi connectivity index (χ3n) is 11.2. The number of unbranched alkanes of at least 4 members (excludes halogenated alkanes) is 2. The second-order valence-corrected chi connectivity index (χ2v) is 15.1. The van der Waals surface area contributed by atoms with Gasteiger partial charge in [0, 0.05) is 0 Å². The molecule has 6 rings (SSSR count). The fourth-order valence-corrected chi connectivity index (χ4v) is 7.81. The van der Waals surface area contributed by atoms with Crippen LogP contribution in [0.4, 0.5) is 0 Å². The average molecular weight is 763 g/mol. The van der Waals surface area contributed by atoms with E-state index < -0.39 is 18.0 Å². The van der Waals surface area contributed by atoms with Crippen LogP contribution in [0.2, 0.25) is 0 Å². The van der Waals surface area contributed by atoms with Crippen LogP contribution in [0.15, 0.2) is 78.9 Å². The number of ether oxygens (including phenoxy) is 3. The molecule has 0 spiro atoms. The van der Waals surface area contributed by atoms with Crippen LogP contribution in [-0.2, 0) is 31.3 Å². The Kier molecular flexibility index (Phi) is 17.6. The van der Waals surface area contributed by atoms with Crippen LogP contribution in [0.25, 0.3) is 0 Å². The zero-order valence-corrected chi connectivity index (χ0v) is 33.0. The molecule has 2 unspecified atom stereocenters. The number of hydrogen-bond donors (Lipinski definition) is 0. The summed E-state index contributed by atoms with van der Waals surface area (Å²) in [7, 11) is 0. The standard InChI is InChI=1S/C40H47O6.C6H11.Fe/c1-3-4-6-11-29-15-17-30(18-16-29)31-19-21-34(22-20-31)39(42)46-37(32-12-7-5-8-13-32)27-44-38(41)33-23-25-35(26-24-33)45-40(43)36-14-9-10-28(36)2;1-6-4-2-3-5-6;/h5,7-8,12-13,19-26,29-30,36-37H,3-4,6,9-11,14-18,27H2,1-2H3;2-5H2,1H3;/q2*-1;+2. The zero-order valence-electron chi connectivity index (χ0n) is 31.9. The predicted octanol–water partition coefficient (Wildman–Crippen LogP) is 11.7. The Morgan fingerprint density at radius 2 is 1.38 bits per heavy atom. The van der Waals surface area contributed by atoms with E-state index in [-0.39, 0.29) is 35.6 Å². The molecule has 3 fully saturated rings. The normalized spacial score (nSPS) is 20.7. The molecule has 0 aromatic heterocycles. The van der Waals surface area contributed by atoms with Gasteiger partial charge < -0.3 is 26.0 Å². The largest absolute Gasteiger partial charge is 2.00 e. The zero-order chi connectivity index (χ0) is 36.7. The quantitative estimate of drug-likeness (QED) is 0.0567. The third kappa shape index (κ3) is 13.1. The van der Waals surface area contributed by atoms with Gasteiger partial charge in [0.15, 0.2) is 6.10 Å². The molecular weight excluding hydrogens is 704 g/mol. The first-order valence-electron chi connectivity index (χ1n) is 19.8. The summed E-state index contributed by atoms with van der Waals surface area (Å²) in [5.41, 5.74) is 2.80. The van der Waals surface area contributed by atoms with Gasteiger partial charge in [-0.3, -0.25) is 4.79 Å². The van der Waals surface area contributed by atoms with Gasteiger partial charge in [-0.05, 0) is 85.0 Å². The molecule has 0 aliphatic heterocycles. The molecular formula is C46H58FeO6. The molecule has 0 amide bonds. The topological polar surface area (TPSA) is 78.9 Å². The second-order valence-electron chi connectivity index (χ2n) is 15.1. The number of rotatable bonds is 13. The van der Waals surface area contributed by atoms with Gasteiger partial charge in [-0.1, -0.05) is 107 Å². The van der Waals surface area contributed by atoms with Crippen molar-refractivity contribution < 1.29 is 45.7 Å². The van der Waals surface area contributed by atoms with Crippen LogP contribution in [0.3, 0.4) is 0 Å². The number of hydrogen-bond acceptors (Lipinski definition) is 6. The maximum Gasteiger partial charge on any atom is 2.00 e. The van der Waals surface area contributed by atoms with Crippen molar-refractivity contribution in [2.75, 3.05) is 6.61 Å². The summed E-state index contributed by atoms with van der Waals surface area (Å²) in [6.07, 6.45) is 18.0. The molecule has 0 N–H and O–H groups in total. The molecule has 3 saturated carbocycles. The minimum Gasteiger partial charge on any atom is -0.458 e. The molecule has 2 atom stereocenters. The third-order valence-corrected chi connectivity index (χ3v) is 11.2. The van der Waals surface area contributed by atoms with Gasteiger partial charge in [-0.2, -0.15) is 33.1 Å². The minimum atomic E-state index is -0.772. The van der Waals surface area contributed by atoms with Crippen LogP contribution in [0, 0.1) is 23.7 Å². The summed E-state index contributed by atoms with van der Waals surface area (Å²) in [5.74, 6) is 3.21. The summed E-state index contributed by atoms with van der Waals surface area (Å²) >= 11 is 0. The van der Waals surface area contributed by atoms with E-state index in [9.17, 15) is 14.4 Å². The van der Waals surface area contributed by atoms with Crippen molar-refractivity contribution in [1.29, 1.82) is 0 Å². The first-order valence-corrected chi connectivity index (χ1v) is 19.8. The molecule has 286 valence electrons. The Morgan fingerprint density at radius 3 is 1.96 bits per heavy atom. The molecule has 53 heavy (non-hydrogen) atoms. The molecule has 3 aromatic rings. The number of benzene rings is 3. The van der Waals surface area contributed by atoms with Gasteiger partial charge in [0.25, 0.3) is 5.97 Å². The molecule has 0 heterocycles. The maximum atomic E-state index is 13.2. The second kappa shape index (κ2) is 22.1. The van der Waals surface area contributed by atoms with Gasteiger partial charge in [0.1, 0.15) is 12.4 Å². The van der Waals surface area contributed by atoms with E-state index in [4.69, 9.17) is 14.2 Å². The van der Waals surface area contributed by atoms with Crippen molar-refractivity contribution >= 4 is 17.9 Å². The van der Waals surface area contributed by atoms with Gasteiger partial charge in [0.05, 0.1) is 11.1 Å². The van der Waals surface area contributed by atoms with Crippen molar-refractivity contribution in [1.82, 2.24) is 0 Å². The van der Waals surface area contributed by atoms with Gasteiger partial charge in [-0.15, -0.1) is 0 Å². The predicted molar refractivity (Wildman–Crippen MR) is 206 cm³/mol. The summed E-state index contributed by atoms with van der Waals surface area (Å²) in [4.78, 5) is 38.7. The van der Waals surface area contributed by atoms with E-state index in [1.54, 1.807) is 30.2 Å². The number of carbonyl (C=O) groups is 3. The van der Waals surface area contributed by atoms with Crippen molar-refractivity contribution in [2.24, 2.45) is 11.8 Å². The van der Waals surface area contributed by atoms with E-state index in [2.05, 4.69) is 26.0 Å². The van der Waals surface area contributed by atoms with E-state index in [0.717, 1.165) is 36.7 Å². The molecule has 3 aliphatic carbocycles. The van der Waals surface area contributed by atoms with Crippen LogP contribution in [0.1, 0.15) is 161 Å². The Labute approximate surface area is 328 Å². The van der Waals surface area contributed by atoms with Crippen LogP contribution in [0.5, 0.6) is 5.75 Å².